The summed E-state index contributed by atoms with van der Waals surface area (Å²) in [6.45, 7) is 6.38. The van der Waals surface area contributed by atoms with Crippen molar-refractivity contribution in [2.24, 2.45) is 7.05 Å². The molecule has 0 bridgehead atoms. The molecule has 1 aromatic heterocycles. The van der Waals surface area contributed by atoms with Gasteiger partial charge in [-0.05, 0) is 46.8 Å². The van der Waals surface area contributed by atoms with E-state index in [-0.39, 0.29) is 0 Å². The molecule has 0 atom stereocenters. The highest BCUT2D eigenvalue weighted by atomic mass is 15.0. The Balaban J connectivity index is 2.37. The molecule has 0 N–H and O–H groups in total. The average Bonchev–Trinajstić information content (AvgIpc) is 2.46. The summed E-state index contributed by atoms with van der Waals surface area (Å²) in [4.78, 5) is 4.71. The second-order valence-corrected chi connectivity index (χ2v) is 5.42. The molecule has 0 aliphatic rings. The van der Waals surface area contributed by atoms with E-state index in [0.717, 1.165) is 11.5 Å². The molecular weight excluding hydrogens is 244 g/mol. The van der Waals surface area contributed by atoms with E-state index in [1.165, 1.54) is 27.5 Å². The van der Waals surface area contributed by atoms with Gasteiger partial charge in [0.05, 0.1) is 18.8 Å². The summed E-state index contributed by atoms with van der Waals surface area (Å²) >= 11 is 0. The van der Waals surface area contributed by atoms with Crippen LogP contribution in [0.5, 0.6) is 0 Å². The van der Waals surface area contributed by atoms with Crippen LogP contribution in [-0.4, -0.2) is 4.98 Å². The number of hydrogen-bond acceptors (Lipinski definition) is 1. The molecule has 0 unspecified atom stereocenters. The molecule has 20 heavy (non-hydrogen) atoms. The van der Waals surface area contributed by atoms with Crippen molar-refractivity contribution in [1.82, 2.24) is 4.98 Å². The number of hydrogen-bond donors (Lipinski definition) is 0. The van der Waals surface area contributed by atoms with E-state index in [4.69, 9.17) is 4.98 Å². The fourth-order valence-corrected chi connectivity index (χ4v) is 2.76. The lowest BCUT2D eigenvalue weighted by Gasteiger charge is -2.10. The standard InChI is InChI=1S/C18H19N2/c1-12-11-17(18-19-13(2)9-10-20(18)4)14(3)16-8-6-5-7-15(12)16/h5-11H,1-4H3/q+1. The molecule has 0 aliphatic heterocycles. The summed E-state index contributed by atoms with van der Waals surface area (Å²) in [5.74, 6) is 1.02. The van der Waals surface area contributed by atoms with E-state index >= 15 is 0 Å². The summed E-state index contributed by atoms with van der Waals surface area (Å²) in [7, 11) is 2.05. The van der Waals surface area contributed by atoms with Gasteiger partial charge in [-0.25, -0.2) is 4.57 Å². The Bertz CT molecular complexity index is 804. The Morgan fingerprint density at radius 3 is 2.40 bits per heavy atom. The van der Waals surface area contributed by atoms with E-state index in [2.05, 4.69) is 54.9 Å². The fourth-order valence-electron chi connectivity index (χ4n) is 2.76. The van der Waals surface area contributed by atoms with Gasteiger partial charge in [-0.2, -0.15) is 0 Å². The summed E-state index contributed by atoms with van der Waals surface area (Å²) in [5.41, 5.74) is 4.85. The number of fused-ring (bicyclic) bond motifs is 1. The van der Waals surface area contributed by atoms with Gasteiger partial charge in [-0.1, -0.05) is 24.3 Å². The molecular formula is C18H19N2+. The smallest absolute Gasteiger partial charge is 0.233 e. The van der Waals surface area contributed by atoms with E-state index < -0.39 is 0 Å². The largest absolute Gasteiger partial charge is 0.330 e. The first-order valence-corrected chi connectivity index (χ1v) is 6.90. The van der Waals surface area contributed by atoms with Crippen LogP contribution in [0.25, 0.3) is 22.2 Å². The number of aryl methyl sites for hydroxylation is 4. The highest BCUT2D eigenvalue weighted by molar-refractivity contribution is 5.92. The van der Waals surface area contributed by atoms with Gasteiger partial charge in [0.15, 0.2) is 5.69 Å². The van der Waals surface area contributed by atoms with Crippen LogP contribution in [0, 0.1) is 20.8 Å². The average molecular weight is 263 g/mol. The monoisotopic (exact) mass is 263 g/mol. The van der Waals surface area contributed by atoms with Crippen molar-refractivity contribution in [3.63, 3.8) is 0 Å². The number of nitrogens with zero attached hydrogens (tertiary/aromatic N) is 2. The minimum Gasteiger partial charge on any atom is -0.233 e. The van der Waals surface area contributed by atoms with Gasteiger partial charge in [0, 0.05) is 13.0 Å². The van der Waals surface area contributed by atoms with E-state index in [1.54, 1.807) is 0 Å². The Hall–Kier alpha value is -2.22. The first kappa shape index (κ1) is 12.8. The van der Waals surface area contributed by atoms with Crippen molar-refractivity contribution in [2.75, 3.05) is 0 Å². The van der Waals surface area contributed by atoms with Crippen LogP contribution >= 0.6 is 0 Å². The van der Waals surface area contributed by atoms with Crippen molar-refractivity contribution >= 4 is 10.8 Å². The van der Waals surface area contributed by atoms with Crippen LogP contribution in [0.3, 0.4) is 0 Å². The summed E-state index contributed by atoms with van der Waals surface area (Å²) in [6, 6.07) is 12.9. The van der Waals surface area contributed by atoms with Crippen molar-refractivity contribution < 1.29 is 4.57 Å². The van der Waals surface area contributed by atoms with Gasteiger partial charge in [0.1, 0.15) is 0 Å². The Morgan fingerprint density at radius 1 is 0.950 bits per heavy atom. The third-order valence-electron chi connectivity index (χ3n) is 3.92. The molecule has 2 aromatic carbocycles. The van der Waals surface area contributed by atoms with Gasteiger partial charge in [-0.15, -0.1) is 0 Å². The fraction of sp³-hybridized carbons (Fsp3) is 0.222. The quantitative estimate of drug-likeness (QED) is 0.612. The lowest BCUT2D eigenvalue weighted by atomic mass is 9.95. The first-order valence-electron chi connectivity index (χ1n) is 6.90. The lowest BCUT2D eigenvalue weighted by Crippen LogP contribution is -2.32. The minimum atomic E-state index is 1.02. The van der Waals surface area contributed by atoms with Gasteiger partial charge in [0.2, 0.25) is 0 Å². The summed E-state index contributed by atoms with van der Waals surface area (Å²) in [5, 5.41) is 2.63. The molecule has 0 saturated carbocycles. The van der Waals surface area contributed by atoms with Crippen LogP contribution in [0.4, 0.5) is 0 Å². The van der Waals surface area contributed by atoms with Crippen molar-refractivity contribution in [2.45, 2.75) is 20.8 Å². The highest BCUT2D eigenvalue weighted by Gasteiger charge is 2.18. The first-order chi connectivity index (χ1) is 9.58. The van der Waals surface area contributed by atoms with E-state index in [1.807, 2.05) is 20.0 Å². The predicted octanol–water partition coefficient (Wildman–Crippen LogP) is 3.65. The molecule has 0 saturated heterocycles. The Kier molecular flexibility index (Phi) is 3.01. The molecule has 3 aromatic rings. The van der Waals surface area contributed by atoms with Crippen LogP contribution in [0.15, 0.2) is 42.6 Å². The topological polar surface area (TPSA) is 16.8 Å². The zero-order valence-electron chi connectivity index (χ0n) is 12.4. The third-order valence-corrected chi connectivity index (χ3v) is 3.92. The van der Waals surface area contributed by atoms with Crippen LogP contribution in [0.2, 0.25) is 0 Å². The summed E-state index contributed by atoms with van der Waals surface area (Å²) in [6.07, 6.45) is 2.07. The maximum Gasteiger partial charge on any atom is 0.330 e. The molecule has 2 heteroatoms. The maximum atomic E-state index is 4.71. The van der Waals surface area contributed by atoms with Crippen LogP contribution in [-0.2, 0) is 7.05 Å². The summed E-state index contributed by atoms with van der Waals surface area (Å²) < 4.78 is 2.09. The van der Waals surface area contributed by atoms with Gasteiger partial charge >= 0.3 is 5.82 Å². The molecule has 3 rings (SSSR count). The zero-order chi connectivity index (χ0) is 14.3. The molecule has 2 nitrogen and oxygen atoms in total. The maximum absolute atomic E-state index is 4.71. The van der Waals surface area contributed by atoms with Crippen LogP contribution < -0.4 is 4.57 Å². The lowest BCUT2D eigenvalue weighted by molar-refractivity contribution is -0.663. The van der Waals surface area contributed by atoms with Crippen molar-refractivity contribution in [3.05, 3.63) is 59.4 Å². The van der Waals surface area contributed by atoms with Gasteiger partial charge in [0.25, 0.3) is 0 Å². The third kappa shape index (κ3) is 1.97. The highest BCUT2D eigenvalue weighted by Crippen LogP contribution is 2.29. The molecule has 0 spiro atoms. The number of benzene rings is 2. The SMILES string of the molecule is Cc1cc[n+](C)c(-c2cc(C)c3ccccc3c2C)n1. The second-order valence-electron chi connectivity index (χ2n) is 5.42. The second kappa shape index (κ2) is 4.71. The zero-order valence-corrected chi connectivity index (χ0v) is 12.4. The molecule has 1 heterocycles. The van der Waals surface area contributed by atoms with Gasteiger partial charge in [-0.3, -0.25) is 0 Å². The molecule has 100 valence electrons. The molecule has 0 amide bonds. The van der Waals surface area contributed by atoms with Crippen molar-refractivity contribution in [3.8, 4) is 11.4 Å². The normalized spacial score (nSPS) is 11.0. The van der Waals surface area contributed by atoms with Crippen LogP contribution in [0.1, 0.15) is 16.8 Å². The number of aromatic nitrogens is 2. The number of rotatable bonds is 1. The Labute approximate surface area is 119 Å². The van der Waals surface area contributed by atoms with E-state index in [0.29, 0.717) is 0 Å². The minimum absolute atomic E-state index is 1.02. The van der Waals surface area contributed by atoms with Crippen molar-refractivity contribution in [1.29, 1.82) is 0 Å². The predicted molar refractivity (Wildman–Crippen MR) is 82.6 cm³/mol. The molecule has 0 fully saturated rings. The molecule has 0 radical (unpaired) electrons. The Morgan fingerprint density at radius 2 is 1.65 bits per heavy atom. The molecule has 0 aliphatic carbocycles. The van der Waals surface area contributed by atoms with E-state index in [9.17, 15) is 0 Å². The van der Waals surface area contributed by atoms with Gasteiger partial charge < -0.3 is 0 Å².